The van der Waals surface area contributed by atoms with Crippen molar-refractivity contribution in [3.05, 3.63) is 24.2 Å². The molecule has 0 saturated carbocycles. The predicted molar refractivity (Wildman–Crippen MR) is 51.8 cm³/mol. The number of thioether (sulfide) groups is 1. The zero-order valence-corrected chi connectivity index (χ0v) is 7.64. The summed E-state index contributed by atoms with van der Waals surface area (Å²) in [5, 5.41) is 1.28. The number of hydrogen-bond donors (Lipinski definition) is 0. The molecule has 0 aliphatic carbocycles. The SMILES string of the molecule is c1coc(CCC2=NCCS2)c1. The second-order valence-electron chi connectivity index (χ2n) is 2.70. The molecule has 1 aromatic heterocycles. The molecular formula is C9H11NOS. The summed E-state index contributed by atoms with van der Waals surface area (Å²) in [5.74, 6) is 2.22. The van der Waals surface area contributed by atoms with Crippen molar-refractivity contribution >= 4 is 16.8 Å². The summed E-state index contributed by atoms with van der Waals surface area (Å²) in [7, 11) is 0. The molecular weight excluding hydrogens is 170 g/mol. The average molecular weight is 181 g/mol. The third kappa shape index (κ3) is 1.91. The van der Waals surface area contributed by atoms with Crippen LogP contribution in [0.1, 0.15) is 12.2 Å². The molecule has 64 valence electrons. The van der Waals surface area contributed by atoms with Crippen molar-refractivity contribution in [2.75, 3.05) is 12.3 Å². The van der Waals surface area contributed by atoms with E-state index in [1.165, 1.54) is 5.04 Å². The number of aliphatic imine (C=N–C) groups is 1. The Kier molecular flexibility index (Phi) is 2.51. The van der Waals surface area contributed by atoms with Gasteiger partial charge in [0.1, 0.15) is 5.76 Å². The van der Waals surface area contributed by atoms with Gasteiger partial charge in [0, 0.05) is 25.1 Å². The molecule has 0 fully saturated rings. The van der Waals surface area contributed by atoms with Gasteiger partial charge in [0.15, 0.2) is 0 Å². The molecule has 1 aromatic rings. The van der Waals surface area contributed by atoms with Crippen molar-refractivity contribution in [2.45, 2.75) is 12.8 Å². The highest BCUT2D eigenvalue weighted by Gasteiger charge is 2.07. The van der Waals surface area contributed by atoms with Crippen LogP contribution in [0.4, 0.5) is 0 Å². The number of furan rings is 1. The second kappa shape index (κ2) is 3.81. The van der Waals surface area contributed by atoms with Crippen LogP contribution in [0.15, 0.2) is 27.8 Å². The quantitative estimate of drug-likeness (QED) is 0.715. The monoisotopic (exact) mass is 181 g/mol. The maximum atomic E-state index is 5.23. The first-order chi connectivity index (χ1) is 5.95. The van der Waals surface area contributed by atoms with E-state index in [-0.39, 0.29) is 0 Å². The van der Waals surface area contributed by atoms with E-state index in [4.69, 9.17) is 4.42 Å². The van der Waals surface area contributed by atoms with Crippen LogP contribution in [0, 0.1) is 0 Å². The number of hydrogen-bond acceptors (Lipinski definition) is 3. The molecule has 1 aliphatic rings. The van der Waals surface area contributed by atoms with Gasteiger partial charge < -0.3 is 4.42 Å². The average Bonchev–Trinajstić information content (AvgIpc) is 2.74. The Balaban J connectivity index is 1.82. The van der Waals surface area contributed by atoms with Crippen molar-refractivity contribution in [1.82, 2.24) is 0 Å². The third-order valence-corrected chi connectivity index (χ3v) is 2.87. The van der Waals surface area contributed by atoms with Crippen molar-refractivity contribution in [2.24, 2.45) is 4.99 Å². The van der Waals surface area contributed by atoms with Crippen LogP contribution in [0.3, 0.4) is 0 Å². The van der Waals surface area contributed by atoms with E-state index < -0.39 is 0 Å². The molecule has 2 rings (SSSR count). The van der Waals surface area contributed by atoms with Gasteiger partial charge in [0.05, 0.1) is 11.3 Å². The van der Waals surface area contributed by atoms with E-state index in [0.29, 0.717) is 0 Å². The van der Waals surface area contributed by atoms with E-state index in [9.17, 15) is 0 Å². The second-order valence-corrected chi connectivity index (χ2v) is 3.87. The summed E-state index contributed by atoms with van der Waals surface area (Å²) in [6, 6.07) is 3.94. The smallest absolute Gasteiger partial charge is 0.104 e. The number of aryl methyl sites for hydroxylation is 1. The summed E-state index contributed by atoms with van der Waals surface area (Å²) in [4.78, 5) is 4.37. The largest absolute Gasteiger partial charge is 0.469 e. The first-order valence-electron chi connectivity index (χ1n) is 4.13. The molecule has 1 aliphatic heterocycles. The zero-order chi connectivity index (χ0) is 8.23. The predicted octanol–water partition coefficient (Wildman–Crippen LogP) is 2.36. The zero-order valence-electron chi connectivity index (χ0n) is 6.82. The van der Waals surface area contributed by atoms with Gasteiger partial charge in [0.25, 0.3) is 0 Å². The van der Waals surface area contributed by atoms with E-state index in [1.54, 1.807) is 6.26 Å². The number of nitrogens with zero attached hydrogens (tertiary/aromatic N) is 1. The van der Waals surface area contributed by atoms with Crippen molar-refractivity contribution < 1.29 is 4.42 Å². The van der Waals surface area contributed by atoms with Crippen LogP contribution in [0.25, 0.3) is 0 Å². The first kappa shape index (κ1) is 7.92. The van der Waals surface area contributed by atoms with Gasteiger partial charge in [-0.25, -0.2) is 0 Å². The Hall–Kier alpha value is -0.700. The van der Waals surface area contributed by atoms with Gasteiger partial charge in [0.2, 0.25) is 0 Å². The maximum Gasteiger partial charge on any atom is 0.104 e. The molecule has 0 atom stereocenters. The van der Waals surface area contributed by atoms with E-state index in [1.807, 2.05) is 23.9 Å². The normalized spacial score (nSPS) is 16.5. The molecule has 0 unspecified atom stereocenters. The van der Waals surface area contributed by atoms with Crippen LogP contribution in [-0.2, 0) is 6.42 Å². The molecule has 0 bridgehead atoms. The number of rotatable bonds is 3. The molecule has 0 amide bonds. The summed E-state index contributed by atoms with van der Waals surface area (Å²) in [5.41, 5.74) is 0. The minimum atomic E-state index is 0.985. The molecule has 12 heavy (non-hydrogen) atoms. The van der Waals surface area contributed by atoms with Gasteiger partial charge in [-0.3, -0.25) is 4.99 Å². The van der Waals surface area contributed by atoms with Crippen LogP contribution in [0.2, 0.25) is 0 Å². The van der Waals surface area contributed by atoms with Crippen LogP contribution in [0.5, 0.6) is 0 Å². The highest BCUT2D eigenvalue weighted by Crippen LogP contribution is 2.16. The molecule has 0 aromatic carbocycles. The molecule has 3 heteroatoms. The lowest BCUT2D eigenvalue weighted by Gasteiger charge is -1.95. The lowest BCUT2D eigenvalue weighted by Crippen LogP contribution is -1.91. The Morgan fingerprint density at radius 1 is 1.50 bits per heavy atom. The minimum Gasteiger partial charge on any atom is -0.469 e. The minimum absolute atomic E-state index is 0.985. The van der Waals surface area contributed by atoms with Gasteiger partial charge in [-0.1, -0.05) is 0 Å². The maximum absolute atomic E-state index is 5.23. The fourth-order valence-electron chi connectivity index (χ4n) is 1.22. The Bertz CT molecular complexity index is 266. The van der Waals surface area contributed by atoms with Crippen molar-refractivity contribution in [3.8, 4) is 0 Å². The molecule has 0 N–H and O–H groups in total. The Labute approximate surface area is 76.1 Å². The Morgan fingerprint density at radius 3 is 3.17 bits per heavy atom. The van der Waals surface area contributed by atoms with Crippen molar-refractivity contribution in [3.63, 3.8) is 0 Å². The summed E-state index contributed by atoms with van der Waals surface area (Å²) < 4.78 is 5.23. The molecule has 2 heterocycles. The van der Waals surface area contributed by atoms with Gasteiger partial charge in [-0.05, 0) is 12.1 Å². The summed E-state index contributed by atoms with van der Waals surface area (Å²) in [6.07, 6.45) is 3.75. The highest BCUT2D eigenvalue weighted by atomic mass is 32.2. The fraction of sp³-hybridized carbons (Fsp3) is 0.444. The van der Waals surface area contributed by atoms with E-state index in [0.717, 1.165) is 30.9 Å². The van der Waals surface area contributed by atoms with E-state index in [2.05, 4.69) is 4.99 Å². The molecule has 0 spiro atoms. The summed E-state index contributed by atoms with van der Waals surface area (Å²) in [6.45, 7) is 0.998. The Morgan fingerprint density at radius 2 is 2.50 bits per heavy atom. The highest BCUT2D eigenvalue weighted by molar-refractivity contribution is 8.14. The summed E-state index contributed by atoms with van der Waals surface area (Å²) >= 11 is 1.87. The molecule has 2 nitrogen and oxygen atoms in total. The van der Waals surface area contributed by atoms with Gasteiger partial charge in [-0.2, -0.15) is 0 Å². The van der Waals surface area contributed by atoms with Gasteiger partial charge in [-0.15, -0.1) is 11.8 Å². The third-order valence-electron chi connectivity index (χ3n) is 1.81. The van der Waals surface area contributed by atoms with Crippen LogP contribution >= 0.6 is 11.8 Å². The topological polar surface area (TPSA) is 25.5 Å². The van der Waals surface area contributed by atoms with Gasteiger partial charge >= 0.3 is 0 Å². The van der Waals surface area contributed by atoms with Crippen LogP contribution in [-0.4, -0.2) is 17.3 Å². The lowest BCUT2D eigenvalue weighted by atomic mass is 10.3. The molecule has 0 saturated heterocycles. The first-order valence-corrected chi connectivity index (χ1v) is 5.12. The van der Waals surface area contributed by atoms with E-state index >= 15 is 0 Å². The standard InChI is InChI=1S/C9H11NOS/c1-2-8(11-6-1)3-4-9-10-5-7-12-9/h1-2,6H,3-5,7H2. The molecule has 0 radical (unpaired) electrons. The van der Waals surface area contributed by atoms with Crippen LogP contribution < -0.4 is 0 Å². The fourth-order valence-corrected chi connectivity index (χ4v) is 2.06. The van der Waals surface area contributed by atoms with Crippen molar-refractivity contribution in [1.29, 1.82) is 0 Å². The lowest BCUT2D eigenvalue weighted by molar-refractivity contribution is 0.512.